The van der Waals surface area contributed by atoms with Crippen molar-refractivity contribution in [2.75, 3.05) is 4.90 Å². The van der Waals surface area contributed by atoms with Crippen LogP contribution in [0, 0.1) is 6.92 Å². The Labute approximate surface area is 349 Å². The topological polar surface area (TPSA) is 16.4 Å². The number of rotatable bonds is 11. The molecule has 0 bridgehead atoms. The van der Waals surface area contributed by atoms with E-state index in [0.29, 0.717) is 0 Å². The van der Waals surface area contributed by atoms with E-state index >= 15 is 0 Å². The Morgan fingerprint density at radius 2 is 1.32 bits per heavy atom. The minimum absolute atomic E-state index is 0.591. The van der Waals surface area contributed by atoms with E-state index in [4.69, 9.17) is 11.0 Å². The summed E-state index contributed by atoms with van der Waals surface area (Å²) in [5, 5.41) is 1.14. The molecule has 0 radical (unpaired) electrons. The third kappa shape index (κ3) is 6.87. The van der Waals surface area contributed by atoms with Gasteiger partial charge < -0.3 is 9.32 Å². The van der Waals surface area contributed by atoms with Gasteiger partial charge in [0, 0.05) is 33.5 Å². The van der Waals surface area contributed by atoms with Gasteiger partial charge in [-0.2, -0.15) is 0 Å². The first kappa shape index (κ1) is 38.7. The fourth-order valence-corrected chi connectivity index (χ4v) is 8.85. The van der Waals surface area contributed by atoms with Crippen molar-refractivity contribution in [1.29, 1.82) is 0 Å². The number of benzene rings is 6. The Morgan fingerprint density at radius 1 is 0.678 bits per heavy atom. The molecule has 288 valence electrons. The molecule has 0 spiro atoms. The smallest absolute Gasteiger partial charge is 0.138 e. The molecule has 1 atom stereocenters. The van der Waals surface area contributed by atoms with Gasteiger partial charge in [-0.1, -0.05) is 183 Å². The highest BCUT2D eigenvalue weighted by atomic mass is 16.3. The van der Waals surface area contributed by atoms with Gasteiger partial charge in [0.2, 0.25) is 0 Å². The molecular formula is C57H49NO. The second-order valence-corrected chi connectivity index (χ2v) is 14.9. The van der Waals surface area contributed by atoms with Crippen LogP contribution in [0.1, 0.15) is 54.3 Å². The molecule has 1 aromatic heterocycles. The van der Waals surface area contributed by atoms with Crippen LogP contribution in [0.15, 0.2) is 229 Å². The summed E-state index contributed by atoms with van der Waals surface area (Å²) in [7, 11) is 0. The minimum Gasteiger partial charge on any atom is -0.456 e. The Kier molecular flexibility index (Phi) is 11.0. The zero-order valence-corrected chi connectivity index (χ0v) is 34.3. The summed E-state index contributed by atoms with van der Waals surface area (Å²) in [5.41, 5.74) is 16.0. The quantitative estimate of drug-likeness (QED) is 0.122. The molecule has 0 saturated carbocycles. The van der Waals surface area contributed by atoms with Crippen molar-refractivity contribution < 1.29 is 4.42 Å². The lowest BCUT2D eigenvalue weighted by Gasteiger charge is -2.35. The first-order chi connectivity index (χ1) is 28.9. The molecule has 2 nitrogen and oxygen atoms in total. The fourth-order valence-electron chi connectivity index (χ4n) is 8.85. The summed E-state index contributed by atoms with van der Waals surface area (Å²) < 4.78 is 6.46. The Hall–Kier alpha value is -7.16. The van der Waals surface area contributed by atoms with Crippen LogP contribution >= 0.6 is 0 Å². The Morgan fingerprint density at radius 3 is 1.98 bits per heavy atom. The first-order valence-corrected chi connectivity index (χ1v) is 20.3. The molecule has 2 heteroatoms. The van der Waals surface area contributed by atoms with Gasteiger partial charge in [-0.15, -0.1) is 0 Å². The van der Waals surface area contributed by atoms with Crippen molar-refractivity contribution in [3.63, 3.8) is 0 Å². The van der Waals surface area contributed by atoms with Crippen LogP contribution in [-0.4, -0.2) is 0 Å². The summed E-state index contributed by atoms with van der Waals surface area (Å²) in [6.07, 6.45) is 16.7. The lowest BCUT2D eigenvalue weighted by molar-refractivity contribution is 0.597. The number of hydrogen-bond acceptors (Lipinski definition) is 2. The van der Waals surface area contributed by atoms with Gasteiger partial charge in [-0.25, -0.2) is 0 Å². The molecule has 1 aliphatic rings. The zero-order chi connectivity index (χ0) is 40.9. The maximum atomic E-state index is 6.46. The van der Waals surface area contributed by atoms with Crippen molar-refractivity contribution in [2.45, 2.75) is 33.1 Å². The summed E-state index contributed by atoms with van der Waals surface area (Å²) in [4.78, 5) is 2.38. The van der Waals surface area contributed by atoms with Gasteiger partial charge >= 0.3 is 0 Å². The van der Waals surface area contributed by atoms with Crippen LogP contribution in [0.4, 0.5) is 17.1 Å². The van der Waals surface area contributed by atoms with Crippen LogP contribution in [0.3, 0.4) is 0 Å². The van der Waals surface area contributed by atoms with Crippen molar-refractivity contribution in [3.8, 4) is 11.1 Å². The summed E-state index contributed by atoms with van der Waals surface area (Å²) in [6.45, 7) is 17.4. The van der Waals surface area contributed by atoms with E-state index in [1.807, 2.05) is 24.3 Å². The highest BCUT2D eigenvalue weighted by molar-refractivity contribution is 6.00. The molecule has 1 aliphatic carbocycles. The van der Waals surface area contributed by atoms with E-state index in [9.17, 15) is 0 Å². The van der Waals surface area contributed by atoms with E-state index < -0.39 is 5.41 Å². The van der Waals surface area contributed by atoms with Crippen LogP contribution in [0.5, 0.6) is 0 Å². The number of furan rings is 1. The van der Waals surface area contributed by atoms with Gasteiger partial charge in [-0.05, 0) is 103 Å². The fraction of sp³-hybridized carbons (Fsp3) is 0.0877. The van der Waals surface area contributed by atoms with Gasteiger partial charge in [0.1, 0.15) is 11.3 Å². The molecule has 6 aromatic carbocycles. The van der Waals surface area contributed by atoms with Crippen molar-refractivity contribution in [2.24, 2.45) is 0 Å². The lowest BCUT2D eigenvalue weighted by Crippen LogP contribution is -2.28. The average molecular weight is 764 g/mol. The zero-order valence-electron chi connectivity index (χ0n) is 34.3. The third-order valence-electron chi connectivity index (χ3n) is 11.6. The van der Waals surface area contributed by atoms with Crippen molar-refractivity contribution in [3.05, 3.63) is 258 Å². The number of fused-ring (bicyclic) bond motifs is 2. The molecule has 59 heavy (non-hydrogen) atoms. The van der Waals surface area contributed by atoms with E-state index in [1.54, 1.807) is 0 Å². The van der Waals surface area contributed by atoms with Crippen LogP contribution in [0.25, 0.3) is 33.2 Å². The maximum Gasteiger partial charge on any atom is 0.138 e. The number of allylic oxidation sites excluding steroid dienone is 11. The molecule has 1 heterocycles. The lowest BCUT2D eigenvalue weighted by atomic mass is 9.67. The summed E-state index contributed by atoms with van der Waals surface area (Å²) in [5.74, 6) is 0.899. The minimum atomic E-state index is -0.591. The van der Waals surface area contributed by atoms with Gasteiger partial charge in [-0.3, -0.25) is 0 Å². The number of para-hydroxylation sites is 1. The molecule has 8 rings (SSSR count). The van der Waals surface area contributed by atoms with E-state index in [1.165, 1.54) is 27.8 Å². The predicted molar refractivity (Wildman–Crippen MR) is 253 cm³/mol. The molecule has 1 unspecified atom stereocenters. The van der Waals surface area contributed by atoms with E-state index in [2.05, 4.69) is 215 Å². The SMILES string of the molecule is C=C/C=C\C=C(/C)C1(c2ccccc2)/C(=C/C=C\C)C(=C)c2c(N(c3ccc(/C(=C/C)c4oc5ccccc5c4C)cc3)c3ccc(-c4ccccc4)cc3)cccc21. The number of anilines is 3. The van der Waals surface area contributed by atoms with Crippen molar-refractivity contribution in [1.82, 2.24) is 0 Å². The molecule has 0 aliphatic heterocycles. The molecule has 0 N–H and O–H groups in total. The van der Waals surface area contributed by atoms with Crippen LogP contribution < -0.4 is 4.90 Å². The monoisotopic (exact) mass is 763 g/mol. The number of aryl methyl sites for hydroxylation is 1. The maximum absolute atomic E-state index is 6.46. The van der Waals surface area contributed by atoms with Gasteiger partial charge in [0.15, 0.2) is 0 Å². The van der Waals surface area contributed by atoms with Gasteiger partial charge in [0.05, 0.1) is 11.1 Å². The van der Waals surface area contributed by atoms with E-state index in [0.717, 1.165) is 67.2 Å². The number of nitrogens with zero attached hydrogens (tertiary/aromatic N) is 1. The second kappa shape index (κ2) is 16.7. The normalized spacial score (nSPS) is 16.4. The highest BCUT2D eigenvalue weighted by Crippen LogP contribution is 2.60. The molecule has 0 saturated heterocycles. The Balaban J connectivity index is 1.34. The first-order valence-electron chi connectivity index (χ1n) is 20.3. The summed E-state index contributed by atoms with van der Waals surface area (Å²) in [6, 6.07) is 54.2. The van der Waals surface area contributed by atoms with Crippen molar-refractivity contribution >= 4 is 39.2 Å². The standard InChI is InChI=1S/C57H49NO/c1-7-10-14-22-40(4)57(46-25-17-13-18-26-46)51(28-11-8-2)42(6)55-52(57)29-21-30-53(55)58(47-36-32-44(33-37-47)43-23-15-12-16-24-43)48-38-34-45(35-39-48)49(9-3)56-41(5)50-27-19-20-31-54(50)59-56/h7-39H,1,6H2,2-5H3/b11-8-,14-10-,40-22+,49-9-,51-28+. The Bertz CT molecular complexity index is 2810. The molecule has 0 fully saturated rings. The van der Waals surface area contributed by atoms with E-state index in [-0.39, 0.29) is 0 Å². The third-order valence-corrected chi connectivity index (χ3v) is 11.6. The number of hydrogen-bond donors (Lipinski definition) is 0. The molecular weight excluding hydrogens is 715 g/mol. The highest BCUT2D eigenvalue weighted by Gasteiger charge is 2.48. The van der Waals surface area contributed by atoms with Crippen LogP contribution in [0.2, 0.25) is 0 Å². The molecule has 7 aromatic rings. The predicted octanol–water partition coefficient (Wildman–Crippen LogP) is 15.8. The second-order valence-electron chi connectivity index (χ2n) is 14.9. The van der Waals surface area contributed by atoms with Crippen LogP contribution in [-0.2, 0) is 5.41 Å². The van der Waals surface area contributed by atoms with Gasteiger partial charge in [0.25, 0.3) is 0 Å². The summed E-state index contributed by atoms with van der Waals surface area (Å²) >= 11 is 0. The average Bonchev–Trinajstić information content (AvgIpc) is 3.75. The molecule has 0 amide bonds. The largest absolute Gasteiger partial charge is 0.456 e.